The lowest BCUT2D eigenvalue weighted by Crippen LogP contribution is -2.49. The number of anilines is 1. The molecule has 0 amide bonds. The number of rotatable bonds is 1. The number of pyridine rings is 1. The van der Waals surface area contributed by atoms with Crippen LogP contribution in [-0.2, 0) is 0 Å². The zero-order chi connectivity index (χ0) is 9.97. The van der Waals surface area contributed by atoms with Crippen molar-refractivity contribution in [2.75, 3.05) is 24.5 Å². The standard InChI is InChI=1S/C10H14FN3/c1-8-7-14(6-5-12-8)9-3-2-4-13-10(9)11/h2-4,8,12H,5-7H2,1H3/t8-/m1/s1. The molecule has 1 aromatic rings. The van der Waals surface area contributed by atoms with E-state index in [0.29, 0.717) is 11.7 Å². The Balaban J connectivity index is 2.18. The fourth-order valence-corrected chi connectivity index (χ4v) is 1.76. The van der Waals surface area contributed by atoms with Crippen LogP contribution in [0.4, 0.5) is 10.1 Å². The number of hydrogen-bond acceptors (Lipinski definition) is 3. The molecule has 3 nitrogen and oxygen atoms in total. The van der Waals surface area contributed by atoms with Crippen LogP contribution in [0, 0.1) is 5.95 Å². The number of hydrogen-bond donors (Lipinski definition) is 1. The molecule has 76 valence electrons. The maximum Gasteiger partial charge on any atom is 0.236 e. The van der Waals surface area contributed by atoms with Crippen molar-refractivity contribution in [2.45, 2.75) is 13.0 Å². The third-order valence-corrected chi connectivity index (χ3v) is 2.45. The van der Waals surface area contributed by atoms with Gasteiger partial charge in [-0.15, -0.1) is 0 Å². The molecule has 1 fully saturated rings. The fraction of sp³-hybridized carbons (Fsp3) is 0.500. The fourth-order valence-electron chi connectivity index (χ4n) is 1.76. The van der Waals surface area contributed by atoms with Gasteiger partial charge >= 0.3 is 0 Å². The van der Waals surface area contributed by atoms with E-state index in [2.05, 4.69) is 17.2 Å². The molecule has 0 bridgehead atoms. The second-order valence-electron chi connectivity index (χ2n) is 3.61. The summed E-state index contributed by atoms with van der Waals surface area (Å²) in [7, 11) is 0. The smallest absolute Gasteiger partial charge is 0.236 e. The van der Waals surface area contributed by atoms with Gasteiger partial charge in [0.15, 0.2) is 0 Å². The zero-order valence-electron chi connectivity index (χ0n) is 8.20. The van der Waals surface area contributed by atoms with Crippen molar-refractivity contribution in [3.63, 3.8) is 0 Å². The van der Waals surface area contributed by atoms with E-state index in [1.807, 2.05) is 4.90 Å². The first kappa shape index (κ1) is 9.40. The maximum absolute atomic E-state index is 13.3. The molecule has 14 heavy (non-hydrogen) atoms. The van der Waals surface area contributed by atoms with Gasteiger partial charge in [-0.1, -0.05) is 0 Å². The van der Waals surface area contributed by atoms with E-state index < -0.39 is 0 Å². The molecule has 1 saturated heterocycles. The first-order valence-electron chi connectivity index (χ1n) is 4.86. The Morgan fingerprint density at radius 2 is 2.50 bits per heavy atom. The van der Waals surface area contributed by atoms with Crippen molar-refractivity contribution in [1.82, 2.24) is 10.3 Å². The van der Waals surface area contributed by atoms with Crippen LogP contribution in [0.5, 0.6) is 0 Å². The van der Waals surface area contributed by atoms with Gasteiger partial charge in [0.05, 0.1) is 5.69 Å². The van der Waals surface area contributed by atoms with Gasteiger partial charge in [-0.25, -0.2) is 4.98 Å². The minimum atomic E-state index is -0.374. The Hall–Kier alpha value is -1.16. The van der Waals surface area contributed by atoms with E-state index in [-0.39, 0.29) is 5.95 Å². The quantitative estimate of drug-likeness (QED) is 0.678. The molecule has 1 N–H and O–H groups in total. The van der Waals surface area contributed by atoms with Gasteiger partial charge < -0.3 is 10.2 Å². The van der Waals surface area contributed by atoms with Crippen molar-refractivity contribution in [3.8, 4) is 0 Å². The van der Waals surface area contributed by atoms with Gasteiger partial charge in [0.1, 0.15) is 0 Å². The average molecular weight is 195 g/mol. The highest BCUT2D eigenvalue weighted by molar-refractivity contribution is 5.45. The molecule has 0 unspecified atom stereocenters. The molecule has 1 aliphatic rings. The van der Waals surface area contributed by atoms with Gasteiger partial charge in [-0.05, 0) is 19.1 Å². The molecule has 2 rings (SSSR count). The first-order valence-corrected chi connectivity index (χ1v) is 4.86. The molecular formula is C10H14FN3. The zero-order valence-corrected chi connectivity index (χ0v) is 8.20. The number of nitrogens with one attached hydrogen (secondary N) is 1. The van der Waals surface area contributed by atoms with E-state index in [1.54, 1.807) is 12.1 Å². The SMILES string of the molecule is C[C@@H]1CN(c2cccnc2F)CCN1. The van der Waals surface area contributed by atoms with Crippen molar-refractivity contribution >= 4 is 5.69 Å². The van der Waals surface area contributed by atoms with Gasteiger partial charge in [0, 0.05) is 31.9 Å². The minimum Gasteiger partial charge on any atom is -0.365 e. The van der Waals surface area contributed by atoms with Gasteiger partial charge in [0.25, 0.3) is 0 Å². The normalized spacial score (nSPS) is 22.4. The molecule has 0 aromatic carbocycles. The highest BCUT2D eigenvalue weighted by Crippen LogP contribution is 2.17. The van der Waals surface area contributed by atoms with Crippen molar-refractivity contribution in [2.24, 2.45) is 0 Å². The van der Waals surface area contributed by atoms with Gasteiger partial charge in [-0.2, -0.15) is 4.39 Å². The van der Waals surface area contributed by atoms with Crippen molar-refractivity contribution in [1.29, 1.82) is 0 Å². The third-order valence-electron chi connectivity index (χ3n) is 2.45. The molecule has 0 saturated carbocycles. The van der Waals surface area contributed by atoms with Crippen LogP contribution in [0.1, 0.15) is 6.92 Å². The second kappa shape index (κ2) is 3.92. The lowest BCUT2D eigenvalue weighted by atomic mass is 10.2. The number of nitrogens with zero attached hydrogens (tertiary/aromatic N) is 2. The van der Waals surface area contributed by atoms with Crippen LogP contribution in [-0.4, -0.2) is 30.7 Å². The summed E-state index contributed by atoms with van der Waals surface area (Å²) in [4.78, 5) is 5.68. The first-order chi connectivity index (χ1) is 6.77. The average Bonchev–Trinajstić information content (AvgIpc) is 2.18. The minimum absolute atomic E-state index is 0.374. The van der Waals surface area contributed by atoms with Crippen LogP contribution in [0.25, 0.3) is 0 Å². The topological polar surface area (TPSA) is 28.2 Å². The lowest BCUT2D eigenvalue weighted by molar-refractivity contribution is 0.475. The highest BCUT2D eigenvalue weighted by atomic mass is 19.1. The highest BCUT2D eigenvalue weighted by Gasteiger charge is 2.18. The Labute approximate surface area is 82.9 Å². The summed E-state index contributed by atoms with van der Waals surface area (Å²) in [5.41, 5.74) is 0.612. The predicted octanol–water partition coefficient (Wildman–Crippen LogP) is 1.02. The number of halogens is 1. The van der Waals surface area contributed by atoms with Crippen LogP contribution < -0.4 is 10.2 Å². The van der Waals surface area contributed by atoms with Crippen LogP contribution >= 0.6 is 0 Å². The summed E-state index contributed by atoms with van der Waals surface area (Å²) < 4.78 is 13.3. The van der Waals surface area contributed by atoms with Crippen LogP contribution in [0.3, 0.4) is 0 Å². The van der Waals surface area contributed by atoms with E-state index in [9.17, 15) is 4.39 Å². The monoisotopic (exact) mass is 195 g/mol. The molecule has 1 aliphatic heterocycles. The second-order valence-corrected chi connectivity index (χ2v) is 3.61. The summed E-state index contributed by atoms with van der Waals surface area (Å²) >= 11 is 0. The summed E-state index contributed by atoms with van der Waals surface area (Å²) in [5, 5.41) is 3.32. The molecule has 0 aliphatic carbocycles. The molecule has 4 heteroatoms. The Morgan fingerprint density at radius 3 is 3.21 bits per heavy atom. The largest absolute Gasteiger partial charge is 0.365 e. The Kier molecular flexibility index (Phi) is 2.63. The van der Waals surface area contributed by atoms with Crippen LogP contribution in [0.15, 0.2) is 18.3 Å². The molecule has 1 atom stereocenters. The van der Waals surface area contributed by atoms with Crippen LogP contribution in [0.2, 0.25) is 0 Å². The third kappa shape index (κ3) is 1.85. The van der Waals surface area contributed by atoms with E-state index >= 15 is 0 Å². The molecule has 0 spiro atoms. The Bertz CT molecular complexity index is 316. The molecule has 0 radical (unpaired) electrons. The van der Waals surface area contributed by atoms with E-state index in [1.165, 1.54) is 6.20 Å². The Morgan fingerprint density at radius 1 is 1.64 bits per heavy atom. The summed E-state index contributed by atoms with van der Waals surface area (Å²) in [6.07, 6.45) is 1.48. The van der Waals surface area contributed by atoms with Gasteiger partial charge in [-0.3, -0.25) is 0 Å². The van der Waals surface area contributed by atoms with Crippen molar-refractivity contribution < 1.29 is 4.39 Å². The molecular weight excluding hydrogens is 181 g/mol. The van der Waals surface area contributed by atoms with E-state index in [0.717, 1.165) is 19.6 Å². The van der Waals surface area contributed by atoms with Crippen molar-refractivity contribution in [3.05, 3.63) is 24.3 Å². The van der Waals surface area contributed by atoms with Gasteiger partial charge in [0.2, 0.25) is 5.95 Å². The number of aromatic nitrogens is 1. The molecule has 1 aromatic heterocycles. The summed E-state index contributed by atoms with van der Waals surface area (Å²) in [5.74, 6) is -0.374. The number of piperazine rings is 1. The summed E-state index contributed by atoms with van der Waals surface area (Å²) in [6.45, 7) is 4.67. The lowest BCUT2D eigenvalue weighted by Gasteiger charge is -2.33. The summed E-state index contributed by atoms with van der Waals surface area (Å²) in [6, 6.07) is 3.95. The predicted molar refractivity (Wildman–Crippen MR) is 53.9 cm³/mol. The van der Waals surface area contributed by atoms with E-state index in [4.69, 9.17) is 0 Å². The molecule has 2 heterocycles. The maximum atomic E-state index is 13.3.